The van der Waals surface area contributed by atoms with E-state index in [9.17, 15) is 0 Å². The molecule has 0 radical (unpaired) electrons. The highest BCUT2D eigenvalue weighted by atomic mass is 79.9. The van der Waals surface area contributed by atoms with Crippen LogP contribution in [0.4, 0.5) is 0 Å². The summed E-state index contributed by atoms with van der Waals surface area (Å²) >= 11 is 3.43. The molecule has 0 bridgehead atoms. The van der Waals surface area contributed by atoms with E-state index >= 15 is 0 Å². The van der Waals surface area contributed by atoms with Gasteiger partial charge in [-0.15, -0.1) is 0 Å². The summed E-state index contributed by atoms with van der Waals surface area (Å²) in [6.07, 6.45) is 2.10. The Kier molecular flexibility index (Phi) is 2.89. The van der Waals surface area contributed by atoms with E-state index in [-0.39, 0.29) is 5.54 Å². The van der Waals surface area contributed by atoms with E-state index in [0.717, 1.165) is 28.8 Å². The number of rotatable bonds is 4. The molecule has 0 spiro atoms. The summed E-state index contributed by atoms with van der Waals surface area (Å²) < 4.78 is 11.7. The van der Waals surface area contributed by atoms with Crippen molar-refractivity contribution < 1.29 is 9.47 Å². The predicted octanol–water partition coefficient (Wildman–Crippen LogP) is 2.33. The lowest BCUT2D eigenvalue weighted by Gasteiger charge is -2.13. The van der Waals surface area contributed by atoms with Gasteiger partial charge in [0, 0.05) is 6.07 Å². The third kappa shape index (κ3) is 2.63. The number of hydrogen-bond donors (Lipinski definition) is 1. The molecule has 0 atom stereocenters. The van der Waals surface area contributed by atoms with E-state index in [1.54, 1.807) is 7.11 Å². The Hall–Kier alpha value is -0.740. The van der Waals surface area contributed by atoms with E-state index in [1.807, 2.05) is 18.2 Å². The fraction of sp³-hybridized carbons (Fsp3) is 0.455. The second-order valence-corrected chi connectivity index (χ2v) is 4.80. The molecule has 0 aromatic heterocycles. The molecule has 1 aliphatic rings. The van der Waals surface area contributed by atoms with Crippen LogP contribution in [0.3, 0.4) is 0 Å². The van der Waals surface area contributed by atoms with Gasteiger partial charge < -0.3 is 15.2 Å². The van der Waals surface area contributed by atoms with Crippen molar-refractivity contribution >= 4 is 15.9 Å². The summed E-state index contributed by atoms with van der Waals surface area (Å²) in [6.45, 7) is 0.568. The molecule has 2 rings (SSSR count). The first-order chi connectivity index (χ1) is 7.13. The zero-order chi connectivity index (χ0) is 10.9. The standard InChI is InChI=1S/C11H14BrNO2/c1-14-8-2-3-9(12)10(6-8)15-7-11(13)4-5-11/h2-3,6H,4-5,7,13H2,1H3. The zero-order valence-corrected chi connectivity index (χ0v) is 10.2. The van der Waals surface area contributed by atoms with Crippen LogP contribution in [0.25, 0.3) is 0 Å². The van der Waals surface area contributed by atoms with Crippen molar-refractivity contribution in [2.75, 3.05) is 13.7 Å². The van der Waals surface area contributed by atoms with Gasteiger partial charge in [0.1, 0.15) is 18.1 Å². The van der Waals surface area contributed by atoms with E-state index in [1.165, 1.54) is 0 Å². The van der Waals surface area contributed by atoms with Gasteiger partial charge in [0.15, 0.2) is 0 Å². The molecule has 1 aromatic carbocycles. The summed E-state index contributed by atoms with van der Waals surface area (Å²) in [6, 6.07) is 5.65. The maximum Gasteiger partial charge on any atom is 0.137 e. The zero-order valence-electron chi connectivity index (χ0n) is 8.63. The van der Waals surface area contributed by atoms with Gasteiger partial charge in [-0.05, 0) is 40.9 Å². The summed E-state index contributed by atoms with van der Waals surface area (Å²) in [5.74, 6) is 1.57. The lowest BCUT2D eigenvalue weighted by Crippen LogP contribution is -2.29. The second-order valence-electron chi connectivity index (χ2n) is 3.95. The average Bonchev–Trinajstić information content (AvgIpc) is 2.96. The van der Waals surface area contributed by atoms with Gasteiger partial charge in [0.05, 0.1) is 17.1 Å². The molecule has 1 aliphatic carbocycles. The third-order valence-electron chi connectivity index (χ3n) is 2.55. The largest absolute Gasteiger partial charge is 0.497 e. The van der Waals surface area contributed by atoms with Crippen LogP contribution in [-0.2, 0) is 0 Å². The number of nitrogens with two attached hydrogens (primary N) is 1. The van der Waals surface area contributed by atoms with Crippen molar-refractivity contribution in [3.05, 3.63) is 22.7 Å². The minimum absolute atomic E-state index is 0.0947. The average molecular weight is 272 g/mol. The van der Waals surface area contributed by atoms with Crippen molar-refractivity contribution in [1.82, 2.24) is 0 Å². The van der Waals surface area contributed by atoms with Gasteiger partial charge in [0.2, 0.25) is 0 Å². The number of ether oxygens (including phenoxy) is 2. The Bertz CT molecular complexity index is 364. The first-order valence-corrected chi connectivity index (χ1v) is 5.67. The van der Waals surface area contributed by atoms with Crippen molar-refractivity contribution in [3.8, 4) is 11.5 Å². The van der Waals surface area contributed by atoms with Crippen molar-refractivity contribution in [1.29, 1.82) is 0 Å². The van der Waals surface area contributed by atoms with Crippen molar-refractivity contribution in [2.24, 2.45) is 5.73 Å². The van der Waals surface area contributed by atoms with Crippen LogP contribution >= 0.6 is 15.9 Å². The van der Waals surface area contributed by atoms with Gasteiger partial charge >= 0.3 is 0 Å². The quantitative estimate of drug-likeness (QED) is 0.914. The maximum atomic E-state index is 5.94. The molecule has 1 saturated carbocycles. The monoisotopic (exact) mass is 271 g/mol. The maximum absolute atomic E-state index is 5.94. The van der Waals surface area contributed by atoms with Crippen LogP contribution in [0.15, 0.2) is 22.7 Å². The molecule has 3 nitrogen and oxygen atoms in total. The van der Waals surface area contributed by atoms with Gasteiger partial charge in [0.25, 0.3) is 0 Å². The normalized spacial score (nSPS) is 17.3. The lowest BCUT2D eigenvalue weighted by molar-refractivity contribution is 0.276. The molecule has 15 heavy (non-hydrogen) atoms. The van der Waals surface area contributed by atoms with Gasteiger partial charge in [-0.25, -0.2) is 0 Å². The third-order valence-corrected chi connectivity index (χ3v) is 3.20. The summed E-state index contributed by atoms with van der Waals surface area (Å²) in [4.78, 5) is 0. The Balaban J connectivity index is 2.05. The van der Waals surface area contributed by atoms with Crippen LogP contribution in [0.5, 0.6) is 11.5 Å². The molecule has 0 amide bonds. The van der Waals surface area contributed by atoms with Crippen LogP contribution in [0.2, 0.25) is 0 Å². The first kappa shape index (κ1) is 10.8. The molecule has 2 N–H and O–H groups in total. The molecular weight excluding hydrogens is 258 g/mol. The van der Waals surface area contributed by atoms with Crippen LogP contribution in [-0.4, -0.2) is 19.3 Å². The van der Waals surface area contributed by atoms with Crippen LogP contribution in [0, 0.1) is 0 Å². The summed E-state index contributed by atoms with van der Waals surface area (Å²) in [5.41, 5.74) is 5.85. The van der Waals surface area contributed by atoms with E-state index in [4.69, 9.17) is 15.2 Å². The molecule has 0 aliphatic heterocycles. The van der Waals surface area contributed by atoms with Crippen molar-refractivity contribution in [2.45, 2.75) is 18.4 Å². The van der Waals surface area contributed by atoms with Gasteiger partial charge in [-0.3, -0.25) is 0 Å². The summed E-state index contributed by atoms with van der Waals surface area (Å²) in [5, 5.41) is 0. The Morgan fingerprint density at radius 2 is 2.20 bits per heavy atom. The minimum Gasteiger partial charge on any atom is -0.497 e. The number of methoxy groups -OCH3 is 1. The highest BCUT2D eigenvalue weighted by molar-refractivity contribution is 9.10. The topological polar surface area (TPSA) is 44.5 Å². The van der Waals surface area contributed by atoms with Gasteiger partial charge in [-0.2, -0.15) is 0 Å². The fourth-order valence-electron chi connectivity index (χ4n) is 1.25. The molecule has 1 aromatic rings. The molecular formula is C11H14BrNO2. The Labute approximate surface area is 97.7 Å². The van der Waals surface area contributed by atoms with E-state index in [2.05, 4.69) is 15.9 Å². The molecule has 4 heteroatoms. The van der Waals surface area contributed by atoms with Crippen LogP contribution < -0.4 is 15.2 Å². The molecule has 0 unspecified atom stereocenters. The van der Waals surface area contributed by atoms with Gasteiger partial charge in [-0.1, -0.05) is 0 Å². The summed E-state index contributed by atoms with van der Waals surface area (Å²) in [7, 11) is 1.64. The van der Waals surface area contributed by atoms with Crippen molar-refractivity contribution in [3.63, 3.8) is 0 Å². The Morgan fingerprint density at radius 1 is 1.47 bits per heavy atom. The smallest absolute Gasteiger partial charge is 0.137 e. The van der Waals surface area contributed by atoms with Crippen LogP contribution in [0.1, 0.15) is 12.8 Å². The highest BCUT2D eigenvalue weighted by Crippen LogP contribution is 2.35. The first-order valence-electron chi connectivity index (χ1n) is 4.88. The SMILES string of the molecule is COc1ccc(Br)c(OCC2(N)CC2)c1. The molecule has 1 fully saturated rings. The molecule has 0 heterocycles. The second kappa shape index (κ2) is 4.02. The van der Waals surface area contributed by atoms with E-state index < -0.39 is 0 Å². The number of benzene rings is 1. The predicted molar refractivity (Wildman–Crippen MR) is 62.3 cm³/mol. The molecule has 0 saturated heterocycles. The number of hydrogen-bond acceptors (Lipinski definition) is 3. The fourth-order valence-corrected chi connectivity index (χ4v) is 1.61. The lowest BCUT2D eigenvalue weighted by atomic mass is 10.3. The Morgan fingerprint density at radius 3 is 2.80 bits per heavy atom. The number of halogens is 1. The minimum atomic E-state index is -0.0947. The highest BCUT2D eigenvalue weighted by Gasteiger charge is 2.39. The molecule has 82 valence electrons. The van der Waals surface area contributed by atoms with E-state index in [0.29, 0.717) is 6.61 Å².